The molecule has 0 bridgehead atoms. The first kappa shape index (κ1) is 40.5. The molecule has 4 aromatic carbocycles. The molecule has 4 aromatic rings. The fourth-order valence-corrected chi connectivity index (χ4v) is 8.64. The van der Waals surface area contributed by atoms with E-state index in [9.17, 15) is 19.5 Å². The standard InChI is InChI=1S/C49H53FN2O6/c1-4-34-27-37(14-16-40(34)48(55)32(3)39-18-20-46(54)51-49(39)56)52-23-21-33(22-24-52)11-7-5-6-8-25-57-44-19-13-36(28-43(44)50)47-41-17-15-38(53)29-45(41)58-30-42(47)35-12-9-10-31(2)26-35/h9-17,19,26-29,39,42,47,53H,3-8,18,20-25,30H2,1-2H3,(H,51,54,56). The van der Waals surface area contributed by atoms with E-state index in [0.717, 1.165) is 85.1 Å². The minimum absolute atomic E-state index is 0.0159. The fraction of sp³-hybridized carbons (Fsp3) is 0.367. The van der Waals surface area contributed by atoms with Gasteiger partial charge in [-0.3, -0.25) is 19.7 Å². The molecule has 9 heteroatoms. The monoisotopic (exact) mass is 784 g/mol. The highest BCUT2D eigenvalue weighted by Crippen LogP contribution is 2.47. The number of hydrogen-bond acceptors (Lipinski definition) is 7. The molecule has 0 spiro atoms. The number of ether oxygens (including phenoxy) is 2. The number of Topliss-reactive ketones (excluding diaryl/α,β-unsaturated/α-hetero) is 1. The Morgan fingerprint density at radius 1 is 0.983 bits per heavy atom. The number of carbonyl (C=O) groups excluding carboxylic acids is 3. The van der Waals surface area contributed by atoms with E-state index in [4.69, 9.17) is 9.47 Å². The maximum atomic E-state index is 15.6. The molecular weight excluding hydrogens is 732 g/mol. The topological polar surface area (TPSA) is 105 Å². The molecule has 3 aliphatic rings. The second kappa shape index (κ2) is 18.3. The average molecular weight is 785 g/mol. The number of carbonyl (C=O) groups is 3. The average Bonchev–Trinajstić information content (AvgIpc) is 3.22. The number of aromatic hydroxyl groups is 1. The molecule has 3 heterocycles. The normalized spacial score (nSPS) is 19.2. The quantitative estimate of drug-likeness (QED) is 0.0432. The number of aryl methyl sites for hydroxylation is 2. The number of fused-ring (bicyclic) bond motifs is 1. The summed E-state index contributed by atoms with van der Waals surface area (Å²) in [4.78, 5) is 39.7. The fourth-order valence-electron chi connectivity index (χ4n) is 8.64. The molecule has 0 radical (unpaired) electrons. The Bertz CT molecular complexity index is 2220. The largest absolute Gasteiger partial charge is 0.508 e. The zero-order valence-electron chi connectivity index (χ0n) is 33.5. The third-order valence-electron chi connectivity index (χ3n) is 11.9. The van der Waals surface area contributed by atoms with Crippen LogP contribution in [-0.4, -0.2) is 49.0 Å². The first-order valence-corrected chi connectivity index (χ1v) is 20.7. The van der Waals surface area contributed by atoms with E-state index in [1.165, 1.54) is 5.57 Å². The third-order valence-corrected chi connectivity index (χ3v) is 11.9. The van der Waals surface area contributed by atoms with E-state index in [-0.39, 0.29) is 52.8 Å². The van der Waals surface area contributed by atoms with Gasteiger partial charge in [0.15, 0.2) is 17.3 Å². The summed E-state index contributed by atoms with van der Waals surface area (Å²) in [5, 5.41) is 12.4. The predicted octanol–water partition coefficient (Wildman–Crippen LogP) is 9.67. The zero-order chi connectivity index (χ0) is 40.8. The second-order valence-corrected chi connectivity index (χ2v) is 15.8. The number of unbranched alkanes of at least 4 members (excludes halogenated alkanes) is 3. The first-order valence-electron chi connectivity index (χ1n) is 20.7. The smallest absolute Gasteiger partial charge is 0.234 e. The number of anilines is 1. The minimum Gasteiger partial charge on any atom is -0.508 e. The van der Waals surface area contributed by atoms with Crippen LogP contribution in [0.5, 0.6) is 17.2 Å². The number of allylic oxidation sites excluding steroid dienone is 1. The number of hydrogen-bond donors (Lipinski definition) is 2. The van der Waals surface area contributed by atoms with Gasteiger partial charge < -0.3 is 19.5 Å². The maximum Gasteiger partial charge on any atom is 0.234 e. The van der Waals surface area contributed by atoms with Crippen molar-refractivity contribution in [2.45, 2.75) is 83.5 Å². The van der Waals surface area contributed by atoms with Gasteiger partial charge in [0.05, 0.1) is 19.1 Å². The van der Waals surface area contributed by atoms with Gasteiger partial charge in [0.2, 0.25) is 11.8 Å². The van der Waals surface area contributed by atoms with Crippen LogP contribution in [0, 0.1) is 18.7 Å². The number of piperidine rings is 2. The van der Waals surface area contributed by atoms with Gasteiger partial charge in [-0.15, -0.1) is 0 Å². The molecule has 2 amide bonds. The molecule has 8 nitrogen and oxygen atoms in total. The highest BCUT2D eigenvalue weighted by molar-refractivity contribution is 6.14. The van der Waals surface area contributed by atoms with E-state index in [2.05, 4.69) is 54.1 Å². The first-order chi connectivity index (χ1) is 28.1. The molecular formula is C49H53FN2O6. The van der Waals surface area contributed by atoms with Crippen LogP contribution in [0.2, 0.25) is 0 Å². The van der Waals surface area contributed by atoms with Crippen LogP contribution < -0.4 is 19.7 Å². The van der Waals surface area contributed by atoms with Crippen molar-refractivity contribution in [2.24, 2.45) is 5.92 Å². The van der Waals surface area contributed by atoms with Crippen molar-refractivity contribution in [3.05, 3.63) is 142 Å². The predicted molar refractivity (Wildman–Crippen MR) is 224 cm³/mol. The number of phenols is 1. The van der Waals surface area contributed by atoms with E-state index in [0.29, 0.717) is 37.4 Å². The Morgan fingerprint density at radius 2 is 1.81 bits per heavy atom. The number of halogens is 1. The van der Waals surface area contributed by atoms with Gasteiger partial charge in [0, 0.05) is 59.8 Å². The van der Waals surface area contributed by atoms with E-state index >= 15 is 4.39 Å². The summed E-state index contributed by atoms with van der Waals surface area (Å²) in [6.07, 6.45) is 9.40. The molecule has 0 aromatic heterocycles. The van der Waals surface area contributed by atoms with Gasteiger partial charge in [-0.1, -0.05) is 67.1 Å². The molecule has 58 heavy (non-hydrogen) atoms. The highest BCUT2D eigenvalue weighted by Gasteiger charge is 2.35. The van der Waals surface area contributed by atoms with Crippen molar-refractivity contribution in [3.63, 3.8) is 0 Å². The summed E-state index contributed by atoms with van der Waals surface area (Å²) in [5.74, 6) is -1.19. The zero-order valence-corrected chi connectivity index (χ0v) is 33.5. The van der Waals surface area contributed by atoms with Crippen molar-refractivity contribution >= 4 is 23.3 Å². The Labute approximate surface area is 340 Å². The summed E-state index contributed by atoms with van der Waals surface area (Å²) < 4.78 is 27.6. The molecule has 7 rings (SSSR count). The van der Waals surface area contributed by atoms with E-state index < -0.39 is 11.8 Å². The van der Waals surface area contributed by atoms with Crippen LogP contribution in [0.4, 0.5) is 10.1 Å². The Kier molecular flexibility index (Phi) is 12.8. The number of benzene rings is 4. The summed E-state index contributed by atoms with van der Waals surface area (Å²) in [6, 6.07) is 24.7. The number of nitrogens with zero attached hydrogens (tertiary/aromatic N) is 1. The summed E-state index contributed by atoms with van der Waals surface area (Å²) in [5.41, 5.74) is 8.34. The molecule has 302 valence electrons. The Balaban J connectivity index is 0.865. The Hall–Kier alpha value is -5.70. The molecule has 2 saturated heterocycles. The maximum absolute atomic E-state index is 15.6. The number of amides is 2. The molecule has 3 unspecified atom stereocenters. The van der Waals surface area contributed by atoms with Crippen LogP contribution in [0.3, 0.4) is 0 Å². The van der Waals surface area contributed by atoms with Gasteiger partial charge >= 0.3 is 0 Å². The number of nitrogens with one attached hydrogen (secondary N) is 1. The van der Waals surface area contributed by atoms with Crippen molar-refractivity contribution in [3.8, 4) is 17.2 Å². The lowest BCUT2D eigenvalue weighted by atomic mass is 9.75. The summed E-state index contributed by atoms with van der Waals surface area (Å²) >= 11 is 0. The van der Waals surface area contributed by atoms with Gasteiger partial charge in [-0.25, -0.2) is 4.39 Å². The molecule has 3 aliphatic heterocycles. The SMILES string of the molecule is C=C(C(=O)c1ccc(N2CCC(=CCCCCCOc3ccc(C4c5ccc(O)cc5OCC4c4cccc(C)c4)cc3F)CC2)cc1CC)C1CCC(=O)NC1=O. The van der Waals surface area contributed by atoms with Crippen LogP contribution in [-0.2, 0) is 16.0 Å². The van der Waals surface area contributed by atoms with Crippen LogP contribution >= 0.6 is 0 Å². The molecule has 2 fully saturated rings. The van der Waals surface area contributed by atoms with Crippen LogP contribution in [0.15, 0.2) is 103 Å². The molecule has 0 saturated carbocycles. The lowest BCUT2D eigenvalue weighted by Crippen LogP contribution is -2.42. The number of rotatable bonds is 14. The highest BCUT2D eigenvalue weighted by atomic mass is 19.1. The van der Waals surface area contributed by atoms with Gasteiger partial charge in [0.25, 0.3) is 0 Å². The number of imide groups is 1. The third kappa shape index (κ3) is 9.20. The van der Waals surface area contributed by atoms with Crippen molar-refractivity contribution in [2.75, 3.05) is 31.2 Å². The van der Waals surface area contributed by atoms with Gasteiger partial charge in [-0.05, 0) is 111 Å². The van der Waals surface area contributed by atoms with Crippen molar-refractivity contribution < 1.29 is 33.4 Å². The van der Waals surface area contributed by atoms with Gasteiger partial charge in [0.1, 0.15) is 11.5 Å². The van der Waals surface area contributed by atoms with Crippen molar-refractivity contribution in [1.82, 2.24) is 5.32 Å². The van der Waals surface area contributed by atoms with E-state index in [1.807, 2.05) is 37.3 Å². The molecule has 2 N–H and O–H groups in total. The lowest BCUT2D eigenvalue weighted by Gasteiger charge is -2.34. The molecule has 0 aliphatic carbocycles. The number of phenolic OH excluding ortho intramolecular Hbond substituents is 1. The van der Waals surface area contributed by atoms with E-state index in [1.54, 1.807) is 24.3 Å². The summed E-state index contributed by atoms with van der Waals surface area (Å²) in [7, 11) is 0. The lowest BCUT2D eigenvalue weighted by molar-refractivity contribution is -0.135. The Morgan fingerprint density at radius 3 is 2.57 bits per heavy atom. The van der Waals surface area contributed by atoms with Crippen LogP contribution in [0.1, 0.15) is 108 Å². The number of ketones is 1. The minimum atomic E-state index is -0.677. The van der Waals surface area contributed by atoms with Crippen molar-refractivity contribution in [1.29, 1.82) is 0 Å². The van der Waals surface area contributed by atoms with Crippen LogP contribution in [0.25, 0.3) is 0 Å². The summed E-state index contributed by atoms with van der Waals surface area (Å²) in [6.45, 7) is 10.7. The molecule has 3 atom stereocenters. The second-order valence-electron chi connectivity index (χ2n) is 15.8. The van der Waals surface area contributed by atoms with Gasteiger partial charge in [-0.2, -0.15) is 0 Å².